The highest BCUT2D eigenvalue weighted by molar-refractivity contribution is 5.88. The van der Waals surface area contributed by atoms with Crippen LogP contribution in [0.15, 0.2) is 24.3 Å². The number of fused-ring (bicyclic) bond motifs is 1. The van der Waals surface area contributed by atoms with Gasteiger partial charge in [0.25, 0.3) is 0 Å². The molecule has 8 heteroatoms. The topological polar surface area (TPSA) is 100 Å². The lowest BCUT2D eigenvalue weighted by Gasteiger charge is -2.29. The summed E-state index contributed by atoms with van der Waals surface area (Å²) in [5, 5.41) is 12.4. The lowest BCUT2D eigenvalue weighted by Crippen LogP contribution is -2.39. The number of nitrogens with one attached hydrogen (secondary N) is 1. The van der Waals surface area contributed by atoms with E-state index in [9.17, 15) is 10.1 Å². The van der Waals surface area contributed by atoms with E-state index >= 15 is 0 Å². The molecule has 1 amide bonds. The van der Waals surface area contributed by atoms with E-state index < -0.39 is 11.8 Å². The van der Waals surface area contributed by atoms with Crippen LogP contribution < -0.4 is 10.2 Å². The summed E-state index contributed by atoms with van der Waals surface area (Å²) in [5.41, 5.74) is 1.77. The minimum atomic E-state index is -1.04. The zero-order valence-electron chi connectivity index (χ0n) is 14.6. The number of carbonyl (C=O) groups is 1. The number of benzene rings is 1. The van der Waals surface area contributed by atoms with Gasteiger partial charge in [0, 0.05) is 26.7 Å². The van der Waals surface area contributed by atoms with Gasteiger partial charge in [-0.25, -0.2) is 9.97 Å². The molecule has 3 rings (SSSR count). The maximum Gasteiger partial charge on any atom is 0.243 e. The Balaban J connectivity index is 2.00. The molecule has 0 aliphatic carbocycles. The molecule has 1 aromatic carbocycles. The summed E-state index contributed by atoms with van der Waals surface area (Å²) < 4.78 is 10.3. The molecule has 1 fully saturated rings. The molecule has 1 saturated heterocycles. The van der Waals surface area contributed by atoms with E-state index in [1.165, 1.54) is 0 Å². The molecule has 1 aromatic heterocycles. The zero-order valence-corrected chi connectivity index (χ0v) is 14.6. The molecule has 1 aliphatic rings. The van der Waals surface area contributed by atoms with Crippen LogP contribution in [0.5, 0.6) is 0 Å². The molecule has 0 unspecified atom stereocenters. The van der Waals surface area contributed by atoms with Gasteiger partial charge in [0.15, 0.2) is 11.7 Å². The van der Waals surface area contributed by atoms with Gasteiger partial charge in [-0.05, 0) is 12.1 Å². The number of morpholine rings is 1. The van der Waals surface area contributed by atoms with Crippen molar-refractivity contribution in [3.05, 3.63) is 30.0 Å². The molecule has 8 nitrogen and oxygen atoms in total. The fourth-order valence-electron chi connectivity index (χ4n) is 2.83. The lowest BCUT2D eigenvalue weighted by molar-refractivity contribution is -0.121. The van der Waals surface area contributed by atoms with Crippen molar-refractivity contribution in [2.45, 2.75) is 5.92 Å². The Morgan fingerprint density at radius 1 is 1.35 bits per heavy atom. The number of carbonyl (C=O) groups excluding carboxylic acids is 1. The van der Waals surface area contributed by atoms with Crippen LogP contribution in [0.4, 0.5) is 5.82 Å². The molecule has 1 aliphatic heterocycles. The Hall–Kier alpha value is -2.76. The van der Waals surface area contributed by atoms with Gasteiger partial charge in [-0.15, -0.1) is 0 Å². The van der Waals surface area contributed by atoms with Gasteiger partial charge < -0.3 is 19.7 Å². The summed E-state index contributed by atoms with van der Waals surface area (Å²) in [6, 6.07) is 9.52. The quantitative estimate of drug-likeness (QED) is 0.766. The number of nitriles is 1. The summed E-state index contributed by atoms with van der Waals surface area (Å²) in [6.07, 6.45) is 0. The minimum absolute atomic E-state index is 0.335. The smallest absolute Gasteiger partial charge is 0.243 e. The van der Waals surface area contributed by atoms with E-state index in [1.807, 2.05) is 29.2 Å². The van der Waals surface area contributed by atoms with Crippen molar-refractivity contribution < 1.29 is 14.3 Å². The maximum atomic E-state index is 12.5. The van der Waals surface area contributed by atoms with Gasteiger partial charge in [0.1, 0.15) is 5.69 Å². The molecule has 2 heterocycles. The number of ether oxygens (including phenoxy) is 2. The molecule has 136 valence electrons. The third-order valence-corrected chi connectivity index (χ3v) is 4.16. The summed E-state index contributed by atoms with van der Waals surface area (Å²) in [5.74, 6) is -0.870. The van der Waals surface area contributed by atoms with E-state index in [4.69, 9.17) is 14.5 Å². The van der Waals surface area contributed by atoms with Gasteiger partial charge in [-0.3, -0.25) is 4.79 Å². The van der Waals surface area contributed by atoms with Crippen molar-refractivity contribution in [3.63, 3.8) is 0 Å². The van der Waals surface area contributed by atoms with Gasteiger partial charge >= 0.3 is 0 Å². The molecule has 1 N–H and O–H groups in total. The largest absolute Gasteiger partial charge is 0.383 e. The molecule has 0 saturated carbocycles. The van der Waals surface area contributed by atoms with Crippen LogP contribution in [-0.2, 0) is 14.3 Å². The number of rotatable bonds is 6. The Bertz CT molecular complexity index is 814. The fourth-order valence-corrected chi connectivity index (χ4v) is 2.83. The van der Waals surface area contributed by atoms with Crippen LogP contribution in [0.1, 0.15) is 11.6 Å². The molecule has 1 atom stereocenters. The van der Waals surface area contributed by atoms with Crippen LogP contribution in [0.25, 0.3) is 11.0 Å². The van der Waals surface area contributed by atoms with Crippen molar-refractivity contribution in [1.29, 1.82) is 5.26 Å². The number of hydrogen-bond donors (Lipinski definition) is 1. The van der Waals surface area contributed by atoms with Crippen molar-refractivity contribution in [1.82, 2.24) is 15.3 Å². The SMILES string of the molecule is COCCNC(=O)[C@@H](C#N)c1nc2ccccc2nc1N1CCOCC1. The van der Waals surface area contributed by atoms with E-state index in [2.05, 4.69) is 16.4 Å². The van der Waals surface area contributed by atoms with Crippen molar-refractivity contribution >= 4 is 22.8 Å². The number of amides is 1. The van der Waals surface area contributed by atoms with E-state index in [1.54, 1.807) is 7.11 Å². The number of aromatic nitrogens is 2. The molecular formula is C18H21N5O3. The first-order chi connectivity index (χ1) is 12.7. The molecule has 0 spiro atoms. The standard InChI is InChI=1S/C18H21N5O3/c1-25-9-6-20-18(24)13(12-19)16-17(23-7-10-26-11-8-23)22-15-5-3-2-4-14(15)21-16/h2-5,13H,6-11H2,1H3,(H,20,24)/t13-/m0/s1. The predicted molar refractivity (Wildman–Crippen MR) is 95.8 cm³/mol. The highest BCUT2D eigenvalue weighted by Crippen LogP contribution is 2.27. The second-order valence-corrected chi connectivity index (χ2v) is 5.87. The average molecular weight is 355 g/mol. The number of para-hydroxylation sites is 2. The monoisotopic (exact) mass is 355 g/mol. The third kappa shape index (κ3) is 3.90. The summed E-state index contributed by atoms with van der Waals surface area (Å²) in [7, 11) is 1.55. The summed E-state index contributed by atoms with van der Waals surface area (Å²) in [6.45, 7) is 3.15. The zero-order chi connectivity index (χ0) is 18.4. The molecule has 0 bridgehead atoms. The number of anilines is 1. The first kappa shape index (κ1) is 18.0. The first-order valence-electron chi connectivity index (χ1n) is 8.50. The highest BCUT2D eigenvalue weighted by atomic mass is 16.5. The van der Waals surface area contributed by atoms with Crippen LogP contribution in [0, 0.1) is 11.3 Å². The third-order valence-electron chi connectivity index (χ3n) is 4.16. The van der Waals surface area contributed by atoms with Crippen LogP contribution in [0.2, 0.25) is 0 Å². The Morgan fingerprint density at radius 2 is 2.04 bits per heavy atom. The van der Waals surface area contributed by atoms with Gasteiger partial charge in [-0.2, -0.15) is 5.26 Å². The number of methoxy groups -OCH3 is 1. The van der Waals surface area contributed by atoms with Crippen LogP contribution in [-0.4, -0.2) is 62.4 Å². The minimum Gasteiger partial charge on any atom is -0.383 e. The number of hydrogen-bond acceptors (Lipinski definition) is 7. The summed E-state index contributed by atoms with van der Waals surface area (Å²) >= 11 is 0. The van der Waals surface area contributed by atoms with Gasteiger partial charge in [0.05, 0.1) is 36.9 Å². The van der Waals surface area contributed by atoms with Gasteiger partial charge in [0.2, 0.25) is 5.91 Å². The van der Waals surface area contributed by atoms with Gasteiger partial charge in [-0.1, -0.05) is 12.1 Å². The average Bonchev–Trinajstić information content (AvgIpc) is 2.69. The van der Waals surface area contributed by atoms with E-state index in [0.29, 0.717) is 56.5 Å². The second kappa shape index (κ2) is 8.56. The van der Waals surface area contributed by atoms with E-state index in [-0.39, 0.29) is 0 Å². The molecule has 0 radical (unpaired) electrons. The van der Waals surface area contributed by atoms with E-state index in [0.717, 1.165) is 5.52 Å². The fraction of sp³-hybridized carbons (Fsp3) is 0.444. The molecule has 2 aromatic rings. The Morgan fingerprint density at radius 3 is 2.69 bits per heavy atom. The first-order valence-corrected chi connectivity index (χ1v) is 8.50. The van der Waals surface area contributed by atoms with Crippen molar-refractivity contribution in [2.24, 2.45) is 0 Å². The van der Waals surface area contributed by atoms with Crippen molar-refractivity contribution in [2.75, 3.05) is 51.5 Å². The predicted octanol–water partition coefficient (Wildman–Crippen LogP) is 0.836. The summed E-state index contributed by atoms with van der Waals surface area (Å²) in [4.78, 5) is 23.8. The van der Waals surface area contributed by atoms with Crippen LogP contribution in [0.3, 0.4) is 0 Å². The lowest BCUT2D eigenvalue weighted by atomic mass is 10.0. The maximum absolute atomic E-state index is 12.5. The Kier molecular flexibility index (Phi) is 5.94. The molecule has 26 heavy (non-hydrogen) atoms. The normalized spacial score (nSPS) is 15.5. The van der Waals surface area contributed by atoms with Crippen molar-refractivity contribution in [3.8, 4) is 6.07 Å². The Labute approximate surface area is 151 Å². The number of nitrogens with zero attached hydrogens (tertiary/aromatic N) is 4. The second-order valence-electron chi connectivity index (χ2n) is 5.87. The molecular weight excluding hydrogens is 334 g/mol. The van der Waals surface area contributed by atoms with Crippen LogP contribution >= 0.6 is 0 Å². The highest BCUT2D eigenvalue weighted by Gasteiger charge is 2.29.